The van der Waals surface area contributed by atoms with E-state index >= 15 is 0 Å². The minimum Gasteiger partial charge on any atom is -0.392 e. The molecule has 0 aromatic rings. The number of aliphatic hydroxyl groups excluding tert-OH is 2. The summed E-state index contributed by atoms with van der Waals surface area (Å²) in [5.41, 5.74) is 4.17. The Morgan fingerprint density at radius 1 is 1.14 bits per heavy atom. The van der Waals surface area contributed by atoms with Gasteiger partial charge >= 0.3 is 0 Å². The molecule has 2 bridgehead atoms. The van der Waals surface area contributed by atoms with Crippen LogP contribution in [0.5, 0.6) is 0 Å². The maximum absolute atomic E-state index is 11.0. The van der Waals surface area contributed by atoms with Crippen LogP contribution >= 0.6 is 0 Å². The molecule has 2 N–H and O–H groups in total. The summed E-state index contributed by atoms with van der Waals surface area (Å²) in [5, 5.41) is 21.7. The molecule has 6 atom stereocenters. The summed E-state index contributed by atoms with van der Waals surface area (Å²) in [6.07, 6.45) is 5.86. The third-order valence-electron chi connectivity index (χ3n) is 7.81. The van der Waals surface area contributed by atoms with Gasteiger partial charge in [0.2, 0.25) is 0 Å². The lowest BCUT2D eigenvalue weighted by Crippen LogP contribution is -2.55. The predicted molar refractivity (Wildman–Crippen MR) is 88.2 cm³/mol. The molecular weight excluding hydrogens is 272 g/mol. The molecule has 0 spiro atoms. The van der Waals surface area contributed by atoms with Gasteiger partial charge in [-0.05, 0) is 61.3 Å². The van der Waals surface area contributed by atoms with Crippen LogP contribution in [0, 0.1) is 28.6 Å². The lowest BCUT2D eigenvalue weighted by Gasteiger charge is -2.59. The van der Waals surface area contributed by atoms with Gasteiger partial charge in [0.25, 0.3) is 0 Å². The van der Waals surface area contributed by atoms with Crippen LogP contribution in [0.15, 0.2) is 23.3 Å². The van der Waals surface area contributed by atoms with Crippen molar-refractivity contribution in [1.29, 1.82) is 0 Å². The maximum Gasteiger partial charge on any atom is 0.0816 e. The van der Waals surface area contributed by atoms with Crippen molar-refractivity contribution in [2.75, 3.05) is 0 Å². The summed E-state index contributed by atoms with van der Waals surface area (Å²) in [7, 11) is 0. The fourth-order valence-electron chi connectivity index (χ4n) is 6.67. The van der Waals surface area contributed by atoms with Crippen LogP contribution < -0.4 is 0 Å². The molecular formula is C20H30O2. The Morgan fingerprint density at radius 3 is 2.59 bits per heavy atom. The van der Waals surface area contributed by atoms with Crippen molar-refractivity contribution in [3.8, 4) is 0 Å². The second-order valence-electron chi connectivity index (χ2n) is 9.20. The average molecular weight is 302 g/mol. The molecule has 0 heterocycles. The SMILES string of the molecule is C=C1[C@H]2CC3=C(C(C2)[C@@H]1O)[C@@]1(C)[C@H](CC3)C(C)(C)CC[C@@H]1O. The molecule has 4 aliphatic rings. The summed E-state index contributed by atoms with van der Waals surface area (Å²) in [4.78, 5) is 0. The Labute approximate surface area is 134 Å². The van der Waals surface area contributed by atoms with Crippen LogP contribution in [0.3, 0.4) is 0 Å². The number of rotatable bonds is 0. The average Bonchev–Trinajstić information content (AvgIpc) is 2.68. The first-order chi connectivity index (χ1) is 10.3. The second-order valence-corrected chi connectivity index (χ2v) is 9.20. The minimum absolute atomic E-state index is 0.142. The number of aliphatic hydroxyl groups is 2. The van der Waals surface area contributed by atoms with Gasteiger partial charge in [-0.15, -0.1) is 0 Å². The Bertz CT molecular complexity index is 558. The highest BCUT2D eigenvalue weighted by Crippen LogP contribution is 2.65. The van der Waals surface area contributed by atoms with Gasteiger partial charge in [0.15, 0.2) is 0 Å². The van der Waals surface area contributed by atoms with Gasteiger partial charge < -0.3 is 10.2 Å². The van der Waals surface area contributed by atoms with Gasteiger partial charge in [-0.25, -0.2) is 0 Å². The molecule has 0 saturated heterocycles. The third-order valence-corrected chi connectivity index (χ3v) is 7.81. The van der Waals surface area contributed by atoms with Crippen molar-refractivity contribution in [2.24, 2.45) is 28.6 Å². The molecule has 122 valence electrons. The predicted octanol–water partition coefficient (Wildman–Crippen LogP) is 3.84. The molecule has 2 saturated carbocycles. The van der Waals surface area contributed by atoms with Crippen LogP contribution in [0.25, 0.3) is 0 Å². The molecule has 4 aliphatic carbocycles. The van der Waals surface area contributed by atoms with E-state index in [1.165, 1.54) is 18.4 Å². The van der Waals surface area contributed by atoms with E-state index in [0.717, 1.165) is 31.3 Å². The summed E-state index contributed by atoms with van der Waals surface area (Å²) in [6, 6.07) is 0. The quantitative estimate of drug-likeness (QED) is 0.668. The van der Waals surface area contributed by atoms with Crippen molar-refractivity contribution in [3.05, 3.63) is 23.3 Å². The standard InChI is InChI=1S/C20H30O2/c1-11-13-9-12-5-6-15-19(2,3)8-7-16(21)20(15,4)17(12)14(10-13)18(11)22/h13-16,18,21-22H,1,5-10H2,2-4H3/t13-,14?,15+,16-,18+,20-/m0/s1. The first kappa shape index (κ1) is 15.0. The van der Waals surface area contributed by atoms with Gasteiger partial charge in [0, 0.05) is 11.3 Å². The summed E-state index contributed by atoms with van der Waals surface area (Å²) in [6.45, 7) is 11.2. The van der Waals surface area contributed by atoms with E-state index < -0.39 is 0 Å². The Morgan fingerprint density at radius 2 is 1.86 bits per heavy atom. The first-order valence-corrected chi connectivity index (χ1v) is 9.04. The van der Waals surface area contributed by atoms with Crippen molar-refractivity contribution < 1.29 is 10.2 Å². The van der Waals surface area contributed by atoms with Gasteiger partial charge in [-0.1, -0.05) is 38.5 Å². The highest BCUT2D eigenvalue weighted by atomic mass is 16.3. The van der Waals surface area contributed by atoms with E-state index in [4.69, 9.17) is 0 Å². The molecule has 1 unspecified atom stereocenters. The fraction of sp³-hybridized carbons (Fsp3) is 0.800. The molecule has 0 aromatic carbocycles. The highest BCUT2D eigenvalue weighted by molar-refractivity contribution is 5.41. The second kappa shape index (κ2) is 4.48. The van der Waals surface area contributed by atoms with Crippen molar-refractivity contribution in [3.63, 3.8) is 0 Å². The number of allylic oxidation sites excluding steroid dienone is 1. The lowest BCUT2D eigenvalue weighted by atomic mass is 9.47. The third kappa shape index (κ3) is 1.69. The summed E-state index contributed by atoms with van der Waals surface area (Å²) < 4.78 is 0. The maximum atomic E-state index is 11.0. The van der Waals surface area contributed by atoms with Crippen LogP contribution in [0.1, 0.15) is 59.3 Å². The zero-order valence-electron chi connectivity index (χ0n) is 14.2. The zero-order valence-corrected chi connectivity index (χ0v) is 14.2. The van der Waals surface area contributed by atoms with Gasteiger partial charge in [-0.2, -0.15) is 0 Å². The van der Waals surface area contributed by atoms with E-state index in [0.29, 0.717) is 11.8 Å². The van der Waals surface area contributed by atoms with Crippen LogP contribution in [-0.4, -0.2) is 22.4 Å². The Balaban J connectivity index is 1.85. The van der Waals surface area contributed by atoms with Gasteiger partial charge in [-0.3, -0.25) is 0 Å². The van der Waals surface area contributed by atoms with E-state index in [2.05, 4.69) is 27.4 Å². The van der Waals surface area contributed by atoms with E-state index in [-0.39, 0.29) is 29.0 Å². The molecule has 22 heavy (non-hydrogen) atoms. The fourth-order valence-corrected chi connectivity index (χ4v) is 6.67. The van der Waals surface area contributed by atoms with E-state index in [9.17, 15) is 10.2 Å². The number of hydrogen-bond acceptors (Lipinski definition) is 2. The molecule has 2 nitrogen and oxygen atoms in total. The first-order valence-electron chi connectivity index (χ1n) is 9.04. The van der Waals surface area contributed by atoms with Gasteiger partial charge in [0.05, 0.1) is 12.2 Å². The minimum atomic E-state index is -0.384. The molecule has 0 radical (unpaired) electrons. The Kier molecular flexibility index (Phi) is 3.05. The molecule has 4 rings (SSSR count). The molecule has 0 aliphatic heterocycles. The normalized spacial score (nSPS) is 49.9. The monoisotopic (exact) mass is 302 g/mol. The van der Waals surface area contributed by atoms with Crippen LogP contribution in [0.4, 0.5) is 0 Å². The van der Waals surface area contributed by atoms with Gasteiger partial charge in [0.1, 0.15) is 0 Å². The lowest BCUT2D eigenvalue weighted by molar-refractivity contribution is -0.0940. The van der Waals surface area contributed by atoms with Crippen molar-refractivity contribution >= 4 is 0 Å². The zero-order chi connectivity index (χ0) is 15.9. The van der Waals surface area contributed by atoms with E-state index in [1.54, 1.807) is 5.57 Å². The van der Waals surface area contributed by atoms with Crippen molar-refractivity contribution in [2.45, 2.75) is 71.5 Å². The molecule has 0 aromatic heterocycles. The van der Waals surface area contributed by atoms with Crippen molar-refractivity contribution in [1.82, 2.24) is 0 Å². The van der Waals surface area contributed by atoms with Crippen LogP contribution in [-0.2, 0) is 0 Å². The molecule has 2 fully saturated rings. The number of fused-ring (bicyclic) bond motifs is 5. The van der Waals surface area contributed by atoms with E-state index in [1.807, 2.05) is 0 Å². The molecule has 2 heteroatoms. The molecule has 0 amide bonds. The Hall–Kier alpha value is -0.600. The number of hydrogen-bond donors (Lipinski definition) is 2. The largest absolute Gasteiger partial charge is 0.392 e. The smallest absolute Gasteiger partial charge is 0.0816 e. The summed E-state index contributed by atoms with van der Waals surface area (Å²) in [5.74, 6) is 1.23. The van der Waals surface area contributed by atoms with Crippen LogP contribution in [0.2, 0.25) is 0 Å². The highest BCUT2D eigenvalue weighted by Gasteiger charge is 2.59. The topological polar surface area (TPSA) is 40.5 Å². The summed E-state index contributed by atoms with van der Waals surface area (Å²) >= 11 is 0.